The first kappa shape index (κ1) is 10.6. The lowest BCUT2D eigenvalue weighted by Gasteiger charge is -2.07. The van der Waals surface area contributed by atoms with Crippen molar-refractivity contribution < 1.29 is 28.8 Å². The zero-order valence-corrected chi connectivity index (χ0v) is 6.69. The van der Waals surface area contributed by atoms with Gasteiger partial charge >= 0.3 is 13.8 Å². The molecule has 0 amide bonds. The number of carboxylic acids is 1. The smallest absolute Gasteiger partial charge is 0.469 e. The van der Waals surface area contributed by atoms with E-state index in [1.165, 1.54) is 6.92 Å². The molecule has 0 aliphatic rings. The molecule has 0 fully saturated rings. The molecule has 0 aromatic rings. The van der Waals surface area contributed by atoms with Crippen LogP contribution in [-0.4, -0.2) is 27.5 Å². The van der Waals surface area contributed by atoms with E-state index in [9.17, 15) is 9.36 Å². The summed E-state index contributed by atoms with van der Waals surface area (Å²) >= 11 is 0. The van der Waals surface area contributed by atoms with Gasteiger partial charge in [0.1, 0.15) is 0 Å². The molecule has 0 unspecified atom stereocenters. The zero-order chi connectivity index (χ0) is 9.07. The Balaban J connectivity index is 3.72. The van der Waals surface area contributed by atoms with Crippen molar-refractivity contribution in [2.75, 3.05) is 6.61 Å². The normalized spacial score (nSPS) is 14.5. The third kappa shape index (κ3) is 6.00. The Morgan fingerprint density at radius 1 is 1.64 bits per heavy atom. The number of hydrogen-bond acceptors (Lipinski definition) is 3. The van der Waals surface area contributed by atoms with Gasteiger partial charge in [0.2, 0.25) is 0 Å². The first-order valence-electron chi connectivity index (χ1n) is 2.76. The Kier molecular flexibility index (Phi) is 3.68. The molecular formula is C4H9O6P. The van der Waals surface area contributed by atoms with Crippen molar-refractivity contribution in [2.24, 2.45) is 5.92 Å². The van der Waals surface area contributed by atoms with Crippen LogP contribution in [0.5, 0.6) is 0 Å². The van der Waals surface area contributed by atoms with Crippen LogP contribution in [0.1, 0.15) is 6.92 Å². The van der Waals surface area contributed by atoms with Crippen LogP contribution in [0.15, 0.2) is 0 Å². The molecule has 11 heavy (non-hydrogen) atoms. The summed E-state index contributed by atoms with van der Waals surface area (Å²) in [6.07, 6.45) is 0. The highest BCUT2D eigenvalue weighted by atomic mass is 31.2. The van der Waals surface area contributed by atoms with E-state index >= 15 is 0 Å². The minimum Gasteiger partial charge on any atom is -0.481 e. The Morgan fingerprint density at radius 2 is 2.09 bits per heavy atom. The minimum atomic E-state index is -4.52. The van der Waals surface area contributed by atoms with Gasteiger partial charge in [-0.2, -0.15) is 0 Å². The summed E-state index contributed by atoms with van der Waals surface area (Å²) in [4.78, 5) is 26.4. The maximum Gasteiger partial charge on any atom is 0.469 e. The number of phosphoric acid groups is 1. The largest absolute Gasteiger partial charge is 0.481 e. The van der Waals surface area contributed by atoms with Crippen molar-refractivity contribution in [3.8, 4) is 0 Å². The standard InChI is InChI=1S/C4H9O6P/c1-3(4(5)6)2-10-11(7,8)9/h3H,2H2,1H3,(H,5,6)(H2,7,8,9)/t3-/m0/s1. The van der Waals surface area contributed by atoms with Gasteiger partial charge in [0.05, 0.1) is 12.5 Å². The van der Waals surface area contributed by atoms with Crippen LogP contribution < -0.4 is 0 Å². The second-order valence-electron chi connectivity index (χ2n) is 2.03. The van der Waals surface area contributed by atoms with E-state index in [2.05, 4.69) is 4.52 Å². The predicted molar refractivity (Wildman–Crippen MR) is 34.8 cm³/mol. The predicted octanol–water partition coefficient (Wildman–Crippen LogP) is -0.184. The number of hydrogen-bond donors (Lipinski definition) is 3. The van der Waals surface area contributed by atoms with Crippen molar-refractivity contribution in [2.45, 2.75) is 6.92 Å². The molecule has 0 aliphatic heterocycles. The second-order valence-corrected chi connectivity index (χ2v) is 3.26. The third-order valence-corrected chi connectivity index (χ3v) is 1.40. The zero-order valence-electron chi connectivity index (χ0n) is 5.80. The van der Waals surface area contributed by atoms with Crippen molar-refractivity contribution in [3.63, 3.8) is 0 Å². The molecule has 6 nitrogen and oxygen atoms in total. The number of carboxylic acid groups (broad SMARTS) is 1. The van der Waals surface area contributed by atoms with Gasteiger partial charge in [-0.1, -0.05) is 0 Å². The molecule has 0 saturated carbocycles. The number of rotatable bonds is 4. The van der Waals surface area contributed by atoms with E-state index in [1.807, 2.05) is 0 Å². The first-order chi connectivity index (χ1) is 4.83. The highest BCUT2D eigenvalue weighted by Crippen LogP contribution is 2.36. The van der Waals surface area contributed by atoms with Crippen LogP contribution in [0.3, 0.4) is 0 Å². The summed E-state index contributed by atoms with van der Waals surface area (Å²) in [5, 5.41) is 8.25. The van der Waals surface area contributed by atoms with Crippen LogP contribution >= 0.6 is 7.82 Å². The van der Waals surface area contributed by atoms with Crippen LogP contribution in [0.4, 0.5) is 0 Å². The van der Waals surface area contributed by atoms with Gasteiger partial charge in [-0.05, 0) is 6.92 Å². The van der Waals surface area contributed by atoms with Crippen LogP contribution in [-0.2, 0) is 13.9 Å². The summed E-state index contributed by atoms with van der Waals surface area (Å²) in [5.41, 5.74) is 0. The maximum absolute atomic E-state index is 10.1. The lowest BCUT2D eigenvalue weighted by Crippen LogP contribution is -2.15. The maximum atomic E-state index is 10.1. The molecule has 0 spiro atoms. The van der Waals surface area contributed by atoms with Gasteiger partial charge in [0, 0.05) is 0 Å². The highest BCUT2D eigenvalue weighted by molar-refractivity contribution is 7.46. The second kappa shape index (κ2) is 3.82. The van der Waals surface area contributed by atoms with Gasteiger partial charge in [-0.25, -0.2) is 4.57 Å². The molecule has 0 bridgehead atoms. The fourth-order valence-electron chi connectivity index (χ4n) is 0.280. The molecule has 0 rings (SSSR count). The first-order valence-corrected chi connectivity index (χ1v) is 4.29. The van der Waals surface area contributed by atoms with E-state index < -0.39 is 26.3 Å². The fourth-order valence-corrected chi connectivity index (χ4v) is 0.698. The Bertz CT molecular complexity index is 183. The molecule has 0 radical (unpaired) electrons. The molecule has 0 aromatic carbocycles. The number of aliphatic carboxylic acids is 1. The average molecular weight is 184 g/mol. The third-order valence-electron chi connectivity index (χ3n) is 0.914. The topological polar surface area (TPSA) is 104 Å². The van der Waals surface area contributed by atoms with E-state index in [4.69, 9.17) is 14.9 Å². The SMILES string of the molecule is C[C@@H](COP(=O)(O)O)C(=O)O. The van der Waals surface area contributed by atoms with Crippen LogP contribution in [0, 0.1) is 5.92 Å². The summed E-state index contributed by atoms with van der Waals surface area (Å²) in [6.45, 7) is 0.803. The number of carbonyl (C=O) groups is 1. The quantitative estimate of drug-likeness (QED) is 0.523. The molecular weight excluding hydrogens is 175 g/mol. The van der Waals surface area contributed by atoms with Crippen molar-refractivity contribution >= 4 is 13.8 Å². The van der Waals surface area contributed by atoms with Gasteiger partial charge in [-0.3, -0.25) is 9.32 Å². The molecule has 0 aromatic heterocycles. The molecule has 3 N–H and O–H groups in total. The van der Waals surface area contributed by atoms with E-state index in [1.54, 1.807) is 0 Å². The van der Waals surface area contributed by atoms with E-state index in [-0.39, 0.29) is 0 Å². The lowest BCUT2D eigenvalue weighted by molar-refractivity contribution is -0.142. The van der Waals surface area contributed by atoms with Crippen molar-refractivity contribution in [1.82, 2.24) is 0 Å². The van der Waals surface area contributed by atoms with Crippen molar-refractivity contribution in [1.29, 1.82) is 0 Å². The average Bonchev–Trinajstić information content (AvgIpc) is 1.80. The minimum absolute atomic E-state index is 0.486. The fraction of sp³-hybridized carbons (Fsp3) is 0.750. The molecule has 0 heterocycles. The van der Waals surface area contributed by atoms with Crippen LogP contribution in [0.2, 0.25) is 0 Å². The molecule has 0 aliphatic carbocycles. The van der Waals surface area contributed by atoms with Gasteiger partial charge < -0.3 is 14.9 Å². The monoisotopic (exact) mass is 184 g/mol. The Hall–Kier alpha value is -0.420. The van der Waals surface area contributed by atoms with E-state index in [0.29, 0.717) is 0 Å². The molecule has 0 saturated heterocycles. The summed E-state index contributed by atoms with van der Waals surface area (Å²) in [7, 11) is -4.52. The molecule has 7 heteroatoms. The Labute approximate surface area is 63.0 Å². The summed E-state index contributed by atoms with van der Waals surface area (Å²) in [6, 6.07) is 0. The lowest BCUT2D eigenvalue weighted by atomic mass is 10.2. The highest BCUT2D eigenvalue weighted by Gasteiger charge is 2.19. The molecule has 66 valence electrons. The number of phosphoric ester groups is 1. The van der Waals surface area contributed by atoms with Crippen LogP contribution in [0.25, 0.3) is 0 Å². The Morgan fingerprint density at radius 3 is 2.36 bits per heavy atom. The van der Waals surface area contributed by atoms with E-state index in [0.717, 1.165) is 0 Å². The summed E-state index contributed by atoms with van der Waals surface area (Å²) < 4.78 is 14.0. The van der Waals surface area contributed by atoms with Gasteiger partial charge in [-0.15, -0.1) is 0 Å². The van der Waals surface area contributed by atoms with Gasteiger partial charge in [0.15, 0.2) is 0 Å². The van der Waals surface area contributed by atoms with Gasteiger partial charge in [0.25, 0.3) is 0 Å². The summed E-state index contributed by atoms with van der Waals surface area (Å²) in [5.74, 6) is -2.07. The molecule has 1 atom stereocenters. The van der Waals surface area contributed by atoms with Crippen molar-refractivity contribution in [3.05, 3.63) is 0 Å².